The Morgan fingerprint density at radius 3 is 2.58 bits per heavy atom. The number of hydrogen-bond acceptors (Lipinski definition) is 4. The van der Waals surface area contributed by atoms with E-state index in [1.807, 2.05) is 35.3 Å². The van der Waals surface area contributed by atoms with Crippen LogP contribution in [0.5, 0.6) is 0 Å². The molecule has 5 heteroatoms. The molecule has 4 nitrogen and oxygen atoms in total. The minimum absolute atomic E-state index is 0.682. The normalized spacial score (nSPS) is 14.8. The van der Waals surface area contributed by atoms with Crippen LogP contribution in [-0.2, 0) is 0 Å². The standard InChI is InChI=1S/C14H13ClN4/c15-12-6-4-11(5-7-12)13-3-1-10-19(18-13)14-16-8-2-9-17-14/h2-9,18H,1,10H2. The van der Waals surface area contributed by atoms with Gasteiger partial charge in [-0.3, -0.25) is 10.4 Å². The van der Waals surface area contributed by atoms with Crippen molar-refractivity contribution in [3.05, 3.63) is 59.4 Å². The first-order valence-electron chi connectivity index (χ1n) is 6.10. The highest BCUT2D eigenvalue weighted by atomic mass is 35.5. The van der Waals surface area contributed by atoms with E-state index < -0.39 is 0 Å². The van der Waals surface area contributed by atoms with Gasteiger partial charge in [0.15, 0.2) is 0 Å². The van der Waals surface area contributed by atoms with E-state index in [2.05, 4.69) is 21.5 Å². The Balaban J connectivity index is 1.82. The molecule has 0 saturated carbocycles. The molecule has 96 valence electrons. The molecule has 0 atom stereocenters. The summed E-state index contributed by atoms with van der Waals surface area (Å²) in [5.74, 6) is 0.682. The van der Waals surface area contributed by atoms with Crippen LogP contribution in [0, 0.1) is 0 Å². The Hall–Kier alpha value is -2.07. The molecule has 0 saturated heterocycles. The fourth-order valence-electron chi connectivity index (χ4n) is 1.98. The van der Waals surface area contributed by atoms with Crippen molar-refractivity contribution in [3.63, 3.8) is 0 Å². The van der Waals surface area contributed by atoms with Gasteiger partial charge in [0.1, 0.15) is 0 Å². The van der Waals surface area contributed by atoms with Crippen LogP contribution < -0.4 is 10.4 Å². The summed E-state index contributed by atoms with van der Waals surface area (Å²) >= 11 is 5.90. The third-order valence-electron chi connectivity index (χ3n) is 2.91. The van der Waals surface area contributed by atoms with E-state index in [1.54, 1.807) is 12.4 Å². The Morgan fingerprint density at radius 2 is 1.84 bits per heavy atom. The second-order valence-corrected chi connectivity index (χ2v) is 4.66. The van der Waals surface area contributed by atoms with Gasteiger partial charge in [-0.25, -0.2) is 9.97 Å². The number of aromatic nitrogens is 2. The Kier molecular flexibility index (Phi) is 3.33. The maximum atomic E-state index is 5.90. The molecule has 0 fully saturated rings. The van der Waals surface area contributed by atoms with Crippen LogP contribution in [0.4, 0.5) is 5.95 Å². The van der Waals surface area contributed by atoms with E-state index in [1.165, 1.54) is 0 Å². The summed E-state index contributed by atoms with van der Waals surface area (Å²) < 4.78 is 0. The first-order valence-corrected chi connectivity index (χ1v) is 6.48. The number of nitrogens with one attached hydrogen (secondary N) is 1. The molecule has 0 unspecified atom stereocenters. The lowest BCUT2D eigenvalue weighted by atomic mass is 10.1. The molecule has 0 aliphatic carbocycles. The van der Waals surface area contributed by atoms with Crippen LogP contribution in [0.1, 0.15) is 12.0 Å². The summed E-state index contributed by atoms with van der Waals surface area (Å²) in [6.45, 7) is 0.848. The van der Waals surface area contributed by atoms with E-state index >= 15 is 0 Å². The zero-order valence-corrected chi connectivity index (χ0v) is 11.0. The molecular weight excluding hydrogens is 260 g/mol. The molecule has 3 rings (SSSR count). The van der Waals surface area contributed by atoms with Gasteiger partial charge in [-0.05, 0) is 30.2 Å². The molecule has 0 bridgehead atoms. The summed E-state index contributed by atoms with van der Waals surface area (Å²) in [6, 6.07) is 9.57. The highest BCUT2D eigenvalue weighted by Gasteiger charge is 2.15. The second-order valence-electron chi connectivity index (χ2n) is 4.23. The summed E-state index contributed by atoms with van der Waals surface area (Å²) in [6.07, 6.45) is 6.60. The number of halogens is 1. The number of anilines is 1. The van der Waals surface area contributed by atoms with Crippen LogP contribution in [0.3, 0.4) is 0 Å². The summed E-state index contributed by atoms with van der Waals surface area (Å²) in [5, 5.41) is 2.69. The van der Waals surface area contributed by atoms with Gasteiger partial charge >= 0.3 is 0 Å². The van der Waals surface area contributed by atoms with Crippen molar-refractivity contribution < 1.29 is 0 Å². The van der Waals surface area contributed by atoms with E-state index in [-0.39, 0.29) is 0 Å². The van der Waals surface area contributed by atoms with Crippen molar-refractivity contribution in [3.8, 4) is 0 Å². The van der Waals surface area contributed by atoms with Crippen LogP contribution in [0.2, 0.25) is 5.02 Å². The third kappa shape index (κ3) is 2.69. The van der Waals surface area contributed by atoms with Crippen molar-refractivity contribution in [2.75, 3.05) is 11.6 Å². The second kappa shape index (κ2) is 5.28. The number of hydrogen-bond donors (Lipinski definition) is 1. The van der Waals surface area contributed by atoms with Gasteiger partial charge in [-0.15, -0.1) is 0 Å². The smallest absolute Gasteiger partial charge is 0.244 e. The molecule has 0 radical (unpaired) electrons. The largest absolute Gasteiger partial charge is 0.296 e. The van der Waals surface area contributed by atoms with Crippen molar-refractivity contribution in [1.82, 2.24) is 15.4 Å². The minimum Gasteiger partial charge on any atom is -0.296 e. The van der Waals surface area contributed by atoms with Gasteiger partial charge in [0.25, 0.3) is 0 Å². The average Bonchev–Trinajstić information content (AvgIpc) is 2.49. The van der Waals surface area contributed by atoms with Crippen LogP contribution >= 0.6 is 11.6 Å². The topological polar surface area (TPSA) is 41.1 Å². The molecule has 19 heavy (non-hydrogen) atoms. The molecule has 2 aromatic rings. The molecule has 1 aliphatic rings. The Labute approximate surface area is 116 Å². The highest BCUT2D eigenvalue weighted by molar-refractivity contribution is 6.30. The minimum atomic E-state index is 0.682. The third-order valence-corrected chi connectivity index (χ3v) is 3.16. The van der Waals surface area contributed by atoms with Gasteiger partial charge in [0.05, 0.1) is 5.70 Å². The van der Waals surface area contributed by atoms with Crippen LogP contribution in [-0.4, -0.2) is 16.5 Å². The first kappa shape index (κ1) is 12.0. The van der Waals surface area contributed by atoms with E-state index in [0.29, 0.717) is 5.95 Å². The van der Waals surface area contributed by atoms with E-state index in [0.717, 1.165) is 29.2 Å². The zero-order valence-electron chi connectivity index (χ0n) is 10.3. The summed E-state index contributed by atoms with van der Waals surface area (Å²) in [7, 11) is 0. The Morgan fingerprint density at radius 1 is 1.11 bits per heavy atom. The molecule has 2 heterocycles. The maximum Gasteiger partial charge on any atom is 0.244 e. The number of benzene rings is 1. The fourth-order valence-corrected chi connectivity index (χ4v) is 2.10. The van der Waals surface area contributed by atoms with Crippen molar-refractivity contribution in [2.24, 2.45) is 0 Å². The van der Waals surface area contributed by atoms with Gasteiger partial charge in [-0.2, -0.15) is 0 Å². The van der Waals surface area contributed by atoms with Gasteiger partial charge < -0.3 is 0 Å². The molecule has 1 N–H and O–H groups in total. The molecular formula is C14H13ClN4. The zero-order chi connectivity index (χ0) is 13.1. The van der Waals surface area contributed by atoms with Crippen LogP contribution in [0.15, 0.2) is 48.8 Å². The molecule has 1 aromatic carbocycles. The van der Waals surface area contributed by atoms with E-state index in [9.17, 15) is 0 Å². The van der Waals surface area contributed by atoms with Gasteiger partial charge in [0.2, 0.25) is 5.95 Å². The highest BCUT2D eigenvalue weighted by Crippen LogP contribution is 2.20. The SMILES string of the molecule is Clc1ccc(C2=CCCN(c3ncccn3)N2)cc1. The molecule has 0 spiro atoms. The van der Waals surface area contributed by atoms with E-state index in [4.69, 9.17) is 11.6 Å². The molecule has 0 amide bonds. The number of hydrazine groups is 1. The van der Waals surface area contributed by atoms with Gasteiger partial charge in [0, 0.05) is 24.0 Å². The molecule has 1 aromatic heterocycles. The predicted octanol–water partition coefficient (Wildman–Crippen LogP) is 2.89. The van der Waals surface area contributed by atoms with Crippen LogP contribution in [0.25, 0.3) is 5.70 Å². The molecule has 1 aliphatic heterocycles. The quantitative estimate of drug-likeness (QED) is 0.913. The lowest BCUT2D eigenvalue weighted by Gasteiger charge is -2.29. The lowest BCUT2D eigenvalue weighted by Crippen LogP contribution is -2.41. The average molecular weight is 273 g/mol. The number of rotatable bonds is 2. The van der Waals surface area contributed by atoms with Gasteiger partial charge in [-0.1, -0.05) is 29.8 Å². The maximum absolute atomic E-state index is 5.90. The van der Waals surface area contributed by atoms with Crippen molar-refractivity contribution in [2.45, 2.75) is 6.42 Å². The van der Waals surface area contributed by atoms with Crippen molar-refractivity contribution in [1.29, 1.82) is 0 Å². The summed E-state index contributed by atoms with van der Waals surface area (Å²) in [5.41, 5.74) is 5.48. The lowest BCUT2D eigenvalue weighted by molar-refractivity contribution is 0.693. The fraction of sp³-hybridized carbons (Fsp3) is 0.143. The Bertz CT molecular complexity index is 580. The monoisotopic (exact) mass is 272 g/mol. The van der Waals surface area contributed by atoms with Crippen molar-refractivity contribution >= 4 is 23.2 Å². The summed E-state index contributed by atoms with van der Waals surface area (Å²) in [4.78, 5) is 8.50. The number of nitrogens with zero attached hydrogens (tertiary/aromatic N) is 3. The predicted molar refractivity (Wildman–Crippen MR) is 76.6 cm³/mol. The first-order chi connectivity index (χ1) is 9.33.